The normalized spacial score (nSPS) is 13.2. The van der Waals surface area contributed by atoms with E-state index in [0.717, 1.165) is 43.2 Å². The molecule has 1 aromatic heterocycles. The lowest BCUT2D eigenvalue weighted by molar-refractivity contribution is -0.150. The maximum atomic E-state index is 12.1. The van der Waals surface area contributed by atoms with Gasteiger partial charge in [0.15, 0.2) is 0 Å². The molecular formula is C14H17NO5S. The molecule has 1 aliphatic carbocycles. The molecule has 7 heteroatoms. The van der Waals surface area contributed by atoms with E-state index in [-0.39, 0.29) is 6.61 Å². The van der Waals surface area contributed by atoms with Gasteiger partial charge in [-0.3, -0.25) is 4.79 Å². The average molecular weight is 311 g/mol. The predicted molar refractivity (Wildman–Crippen MR) is 77.6 cm³/mol. The van der Waals surface area contributed by atoms with Crippen LogP contribution in [0.3, 0.4) is 0 Å². The van der Waals surface area contributed by atoms with E-state index >= 15 is 0 Å². The molecule has 0 saturated carbocycles. The van der Waals surface area contributed by atoms with Gasteiger partial charge in [0.25, 0.3) is 0 Å². The summed E-state index contributed by atoms with van der Waals surface area (Å²) in [5, 5.41) is 2.83. The second kappa shape index (κ2) is 6.71. The van der Waals surface area contributed by atoms with Gasteiger partial charge in [0, 0.05) is 4.88 Å². The highest BCUT2D eigenvalue weighted by Gasteiger charge is 2.28. The summed E-state index contributed by atoms with van der Waals surface area (Å²) in [6.07, 6.45) is 3.72. The third-order valence-corrected chi connectivity index (χ3v) is 4.46. The van der Waals surface area contributed by atoms with Gasteiger partial charge in [-0.25, -0.2) is 9.59 Å². The van der Waals surface area contributed by atoms with Crippen LogP contribution in [-0.4, -0.2) is 31.6 Å². The Morgan fingerprint density at radius 2 is 1.95 bits per heavy atom. The monoisotopic (exact) mass is 311 g/mol. The molecule has 0 atom stereocenters. The minimum atomic E-state index is -0.990. The van der Waals surface area contributed by atoms with Crippen molar-refractivity contribution < 1.29 is 23.9 Å². The number of anilines is 1. The number of rotatable bonds is 3. The van der Waals surface area contributed by atoms with Crippen molar-refractivity contribution in [1.82, 2.24) is 0 Å². The number of ether oxygens (including phenoxy) is 2. The molecule has 0 aliphatic heterocycles. The average Bonchev–Trinajstić information content (AvgIpc) is 2.84. The molecule has 0 unspecified atom stereocenters. The summed E-state index contributed by atoms with van der Waals surface area (Å²) < 4.78 is 9.43. The van der Waals surface area contributed by atoms with Crippen molar-refractivity contribution in [2.45, 2.75) is 32.6 Å². The summed E-state index contributed by atoms with van der Waals surface area (Å²) in [4.78, 5) is 36.1. The van der Waals surface area contributed by atoms with Crippen molar-refractivity contribution in [1.29, 1.82) is 0 Å². The van der Waals surface area contributed by atoms with Crippen LogP contribution in [0, 0.1) is 0 Å². The largest absolute Gasteiger partial charge is 0.462 e. The Morgan fingerprint density at radius 3 is 2.62 bits per heavy atom. The molecule has 1 N–H and O–H groups in total. The Morgan fingerprint density at radius 1 is 1.24 bits per heavy atom. The molecular weight excluding hydrogens is 294 g/mol. The van der Waals surface area contributed by atoms with Crippen molar-refractivity contribution in [3.8, 4) is 0 Å². The van der Waals surface area contributed by atoms with Crippen LogP contribution in [0.5, 0.6) is 0 Å². The van der Waals surface area contributed by atoms with Gasteiger partial charge in [-0.1, -0.05) is 0 Å². The molecule has 0 saturated heterocycles. The quantitative estimate of drug-likeness (QED) is 0.681. The topological polar surface area (TPSA) is 81.7 Å². The van der Waals surface area contributed by atoms with Crippen molar-refractivity contribution in [2.24, 2.45) is 0 Å². The Hall–Kier alpha value is -1.89. The van der Waals surface area contributed by atoms with E-state index in [2.05, 4.69) is 10.1 Å². The van der Waals surface area contributed by atoms with Gasteiger partial charge in [0.1, 0.15) is 5.00 Å². The van der Waals surface area contributed by atoms with Gasteiger partial charge < -0.3 is 14.8 Å². The fraction of sp³-hybridized carbons (Fsp3) is 0.500. The SMILES string of the molecule is CCOC(=O)c1c(NC(=O)C(=O)OC)sc2c1CCCC2. The minimum absolute atomic E-state index is 0.258. The number of carbonyl (C=O) groups is 3. The van der Waals surface area contributed by atoms with Crippen LogP contribution < -0.4 is 5.32 Å². The zero-order chi connectivity index (χ0) is 15.4. The maximum absolute atomic E-state index is 12.1. The highest BCUT2D eigenvalue weighted by Crippen LogP contribution is 2.38. The Kier molecular flexibility index (Phi) is 4.95. The first-order valence-corrected chi connectivity index (χ1v) is 7.61. The zero-order valence-electron chi connectivity index (χ0n) is 12.0. The summed E-state index contributed by atoms with van der Waals surface area (Å²) in [6.45, 7) is 1.98. The molecule has 0 spiro atoms. The molecule has 0 aromatic carbocycles. The van der Waals surface area contributed by atoms with E-state index in [0.29, 0.717) is 10.6 Å². The number of fused-ring (bicyclic) bond motifs is 1. The molecule has 0 bridgehead atoms. The number of amides is 1. The number of esters is 2. The molecule has 1 heterocycles. The molecule has 6 nitrogen and oxygen atoms in total. The van der Waals surface area contributed by atoms with Crippen molar-refractivity contribution in [3.05, 3.63) is 16.0 Å². The van der Waals surface area contributed by atoms with Crippen LogP contribution in [0.2, 0.25) is 0 Å². The number of hydrogen-bond acceptors (Lipinski definition) is 6. The highest BCUT2D eigenvalue weighted by atomic mass is 32.1. The van der Waals surface area contributed by atoms with E-state index in [1.807, 2.05) is 0 Å². The lowest BCUT2D eigenvalue weighted by Gasteiger charge is -2.12. The van der Waals surface area contributed by atoms with Gasteiger partial charge in [0.05, 0.1) is 19.3 Å². The first kappa shape index (κ1) is 15.5. The third kappa shape index (κ3) is 3.24. The summed E-state index contributed by atoms with van der Waals surface area (Å²) >= 11 is 1.33. The standard InChI is InChI=1S/C14H17NO5S/c1-3-20-13(17)10-8-6-4-5-7-9(8)21-12(10)15-11(16)14(18)19-2/h3-7H2,1-2H3,(H,15,16). The van der Waals surface area contributed by atoms with Crippen LogP contribution in [-0.2, 0) is 31.9 Å². The summed E-state index contributed by atoms with van der Waals surface area (Å²) in [6, 6.07) is 0. The molecule has 0 radical (unpaired) electrons. The summed E-state index contributed by atoms with van der Waals surface area (Å²) in [7, 11) is 1.13. The van der Waals surface area contributed by atoms with Crippen LogP contribution in [0.4, 0.5) is 5.00 Å². The minimum Gasteiger partial charge on any atom is -0.462 e. The molecule has 1 aliphatic rings. The van der Waals surface area contributed by atoms with Crippen LogP contribution in [0.25, 0.3) is 0 Å². The number of carbonyl (C=O) groups excluding carboxylic acids is 3. The van der Waals surface area contributed by atoms with E-state index in [1.165, 1.54) is 11.3 Å². The second-order valence-corrected chi connectivity index (χ2v) is 5.69. The zero-order valence-corrected chi connectivity index (χ0v) is 12.8. The molecule has 1 amide bonds. The first-order valence-electron chi connectivity index (χ1n) is 6.79. The van der Waals surface area contributed by atoms with Gasteiger partial charge in [-0.05, 0) is 38.2 Å². The van der Waals surface area contributed by atoms with Crippen LogP contribution in [0.1, 0.15) is 40.6 Å². The van der Waals surface area contributed by atoms with Crippen molar-refractivity contribution in [2.75, 3.05) is 19.0 Å². The van der Waals surface area contributed by atoms with E-state index in [9.17, 15) is 14.4 Å². The Labute approximate surface area is 126 Å². The fourth-order valence-corrected chi connectivity index (χ4v) is 3.59. The fourth-order valence-electron chi connectivity index (χ4n) is 2.32. The third-order valence-electron chi connectivity index (χ3n) is 3.25. The summed E-state index contributed by atoms with van der Waals surface area (Å²) in [5.41, 5.74) is 1.32. The van der Waals surface area contributed by atoms with Gasteiger partial charge in [-0.15, -0.1) is 11.3 Å². The Bertz CT molecular complexity index is 578. The van der Waals surface area contributed by atoms with E-state index < -0.39 is 17.8 Å². The van der Waals surface area contributed by atoms with Crippen molar-refractivity contribution >= 4 is 34.2 Å². The molecule has 21 heavy (non-hydrogen) atoms. The van der Waals surface area contributed by atoms with Gasteiger partial charge in [0.2, 0.25) is 0 Å². The number of thiophene rings is 1. The second-order valence-electron chi connectivity index (χ2n) is 4.58. The van der Waals surface area contributed by atoms with Gasteiger partial charge >= 0.3 is 17.8 Å². The van der Waals surface area contributed by atoms with E-state index in [1.54, 1.807) is 6.92 Å². The Balaban J connectivity index is 2.35. The molecule has 0 fully saturated rings. The molecule has 114 valence electrons. The summed E-state index contributed by atoms with van der Waals surface area (Å²) in [5.74, 6) is -2.34. The predicted octanol–water partition coefficient (Wildman–Crippen LogP) is 1.92. The smallest absolute Gasteiger partial charge is 0.396 e. The van der Waals surface area contributed by atoms with Crippen molar-refractivity contribution in [3.63, 3.8) is 0 Å². The maximum Gasteiger partial charge on any atom is 0.396 e. The number of hydrogen-bond donors (Lipinski definition) is 1. The molecule has 1 aromatic rings. The first-order chi connectivity index (χ1) is 10.1. The number of methoxy groups -OCH3 is 1. The van der Waals surface area contributed by atoms with E-state index in [4.69, 9.17) is 4.74 Å². The van der Waals surface area contributed by atoms with Crippen LogP contribution in [0.15, 0.2) is 0 Å². The highest BCUT2D eigenvalue weighted by molar-refractivity contribution is 7.17. The van der Waals surface area contributed by atoms with Gasteiger partial charge in [-0.2, -0.15) is 0 Å². The number of nitrogens with one attached hydrogen (secondary N) is 1. The lowest BCUT2D eigenvalue weighted by atomic mass is 9.95. The van der Waals surface area contributed by atoms with Crippen LogP contribution >= 0.6 is 11.3 Å². The molecule has 2 rings (SSSR count). The number of aryl methyl sites for hydroxylation is 1. The lowest BCUT2D eigenvalue weighted by Crippen LogP contribution is -2.24.